The topological polar surface area (TPSA) is 44.8 Å². The van der Waals surface area contributed by atoms with Gasteiger partial charge in [-0.2, -0.15) is 0 Å². The van der Waals surface area contributed by atoms with Crippen LogP contribution in [-0.4, -0.2) is 26.3 Å². The van der Waals surface area contributed by atoms with E-state index < -0.39 is 0 Å². The lowest BCUT2D eigenvalue weighted by atomic mass is 10.0. The Labute approximate surface area is 149 Å². The molecule has 4 heteroatoms. The molecule has 1 aromatic carbocycles. The number of esters is 1. The van der Waals surface area contributed by atoms with Crippen molar-refractivity contribution >= 4 is 12.0 Å². The SMILES string of the molecule is CCOC(=O)C=C(C)C=CC=C(C)C1=Cc2cc(OC)ccc2OC1. The maximum Gasteiger partial charge on any atom is 0.330 e. The minimum absolute atomic E-state index is 0.320. The second kappa shape index (κ2) is 8.92. The van der Waals surface area contributed by atoms with Crippen LogP contribution in [0.25, 0.3) is 6.08 Å². The van der Waals surface area contributed by atoms with Crippen LogP contribution in [0.3, 0.4) is 0 Å². The Kier molecular flexibility index (Phi) is 6.63. The monoisotopic (exact) mass is 340 g/mol. The van der Waals surface area contributed by atoms with E-state index in [9.17, 15) is 4.79 Å². The number of carbonyl (C=O) groups is 1. The predicted molar refractivity (Wildman–Crippen MR) is 99.8 cm³/mol. The summed E-state index contributed by atoms with van der Waals surface area (Å²) in [6, 6.07) is 5.77. The highest BCUT2D eigenvalue weighted by Crippen LogP contribution is 2.31. The Morgan fingerprint density at radius 3 is 2.84 bits per heavy atom. The predicted octanol–water partition coefficient (Wildman–Crippen LogP) is 4.48. The van der Waals surface area contributed by atoms with Crippen LogP contribution >= 0.6 is 0 Å². The average molecular weight is 340 g/mol. The van der Waals surface area contributed by atoms with Crippen molar-refractivity contribution in [1.82, 2.24) is 0 Å². The van der Waals surface area contributed by atoms with Crippen LogP contribution in [0.1, 0.15) is 26.3 Å². The molecule has 2 rings (SSSR count). The summed E-state index contributed by atoms with van der Waals surface area (Å²) in [5, 5.41) is 0. The molecule has 0 bridgehead atoms. The van der Waals surface area contributed by atoms with Crippen LogP contribution in [-0.2, 0) is 9.53 Å². The normalized spacial score (nSPS) is 14.6. The van der Waals surface area contributed by atoms with Crippen LogP contribution in [0.15, 0.2) is 59.2 Å². The van der Waals surface area contributed by atoms with Crippen LogP contribution in [0.2, 0.25) is 0 Å². The lowest BCUT2D eigenvalue weighted by molar-refractivity contribution is -0.137. The zero-order valence-corrected chi connectivity index (χ0v) is 15.2. The fourth-order valence-corrected chi connectivity index (χ4v) is 2.38. The molecule has 0 aromatic heterocycles. The number of ether oxygens (including phenoxy) is 3. The number of carbonyl (C=O) groups excluding carboxylic acids is 1. The highest BCUT2D eigenvalue weighted by molar-refractivity contribution is 5.83. The smallest absolute Gasteiger partial charge is 0.330 e. The third kappa shape index (κ3) is 5.38. The van der Waals surface area contributed by atoms with Crippen molar-refractivity contribution in [2.45, 2.75) is 20.8 Å². The van der Waals surface area contributed by atoms with Crippen LogP contribution in [0.5, 0.6) is 11.5 Å². The Bertz CT molecular complexity index is 751. The van der Waals surface area contributed by atoms with Gasteiger partial charge >= 0.3 is 5.97 Å². The van der Waals surface area contributed by atoms with Gasteiger partial charge in [-0.05, 0) is 61.8 Å². The lowest BCUT2D eigenvalue weighted by Crippen LogP contribution is -2.08. The fraction of sp³-hybridized carbons (Fsp3) is 0.286. The number of hydrogen-bond donors (Lipinski definition) is 0. The summed E-state index contributed by atoms with van der Waals surface area (Å²) < 4.78 is 16.0. The highest BCUT2D eigenvalue weighted by Gasteiger charge is 2.13. The quantitative estimate of drug-likeness (QED) is 0.435. The molecule has 1 heterocycles. The van der Waals surface area contributed by atoms with E-state index in [1.807, 2.05) is 50.3 Å². The van der Waals surface area contributed by atoms with Crippen LogP contribution < -0.4 is 9.47 Å². The van der Waals surface area contributed by atoms with Gasteiger partial charge < -0.3 is 14.2 Å². The molecule has 25 heavy (non-hydrogen) atoms. The highest BCUT2D eigenvalue weighted by atomic mass is 16.5. The van der Waals surface area contributed by atoms with Gasteiger partial charge in [0.15, 0.2) is 0 Å². The Morgan fingerprint density at radius 1 is 1.32 bits per heavy atom. The Balaban J connectivity index is 2.10. The number of hydrogen-bond acceptors (Lipinski definition) is 4. The Hall–Kier alpha value is -2.75. The van der Waals surface area contributed by atoms with Crippen molar-refractivity contribution in [2.75, 3.05) is 20.3 Å². The molecule has 0 saturated heterocycles. The first-order valence-electron chi connectivity index (χ1n) is 8.25. The largest absolute Gasteiger partial charge is 0.497 e. The molecule has 0 N–H and O–H groups in total. The molecule has 0 radical (unpaired) electrons. The maximum absolute atomic E-state index is 11.4. The second-order valence-electron chi connectivity index (χ2n) is 5.71. The van der Waals surface area contributed by atoms with Crippen molar-refractivity contribution in [2.24, 2.45) is 0 Å². The first-order chi connectivity index (χ1) is 12.0. The molecule has 0 amide bonds. The third-order valence-corrected chi connectivity index (χ3v) is 3.77. The van der Waals surface area contributed by atoms with Gasteiger partial charge in [-0.3, -0.25) is 0 Å². The Morgan fingerprint density at radius 2 is 2.12 bits per heavy atom. The zero-order chi connectivity index (χ0) is 18.2. The number of fused-ring (bicyclic) bond motifs is 1. The standard InChI is InChI=1S/C21H24O4/c1-5-24-21(22)11-15(2)7-6-8-16(3)18-12-17-13-19(23-4)9-10-20(17)25-14-18/h6-13H,5,14H2,1-4H3. The van der Waals surface area contributed by atoms with Gasteiger partial charge in [0.1, 0.15) is 18.1 Å². The van der Waals surface area contributed by atoms with Crippen molar-refractivity contribution in [3.8, 4) is 11.5 Å². The van der Waals surface area contributed by atoms with Crippen molar-refractivity contribution in [3.05, 3.63) is 64.8 Å². The number of methoxy groups -OCH3 is 1. The maximum atomic E-state index is 11.4. The minimum Gasteiger partial charge on any atom is -0.497 e. The summed E-state index contributed by atoms with van der Waals surface area (Å²) in [6.45, 7) is 6.60. The molecule has 0 spiro atoms. The fourth-order valence-electron chi connectivity index (χ4n) is 2.38. The van der Waals surface area contributed by atoms with E-state index in [2.05, 4.69) is 6.08 Å². The number of allylic oxidation sites excluding steroid dienone is 4. The zero-order valence-electron chi connectivity index (χ0n) is 15.2. The van der Waals surface area contributed by atoms with E-state index >= 15 is 0 Å². The van der Waals surface area contributed by atoms with Crippen molar-refractivity contribution in [1.29, 1.82) is 0 Å². The van der Waals surface area contributed by atoms with Gasteiger partial charge in [-0.15, -0.1) is 0 Å². The summed E-state index contributed by atoms with van der Waals surface area (Å²) in [6.07, 6.45) is 9.39. The molecule has 1 aliphatic rings. The van der Waals surface area contributed by atoms with Gasteiger partial charge in [-0.1, -0.05) is 18.2 Å². The lowest BCUT2D eigenvalue weighted by Gasteiger charge is -2.19. The molecular weight excluding hydrogens is 316 g/mol. The van der Waals surface area contributed by atoms with E-state index in [0.29, 0.717) is 13.2 Å². The van der Waals surface area contributed by atoms with E-state index in [-0.39, 0.29) is 5.97 Å². The van der Waals surface area contributed by atoms with Crippen molar-refractivity contribution < 1.29 is 19.0 Å². The first kappa shape index (κ1) is 18.6. The molecule has 4 nitrogen and oxygen atoms in total. The molecule has 0 aliphatic carbocycles. The summed E-state index contributed by atoms with van der Waals surface area (Å²) in [7, 11) is 1.65. The molecule has 0 fully saturated rings. The molecule has 0 atom stereocenters. The van der Waals surface area contributed by atoms with E-state index in [1.165, 1.54) is 6.08 Å². The molecule has 132 valence electrons. The summed E-state index contributed by atoms with van der Waals surface area (Å²) in [5.41, 5.74) is 4.06. The number of rotatable bonds is 6. The molecule has 0 saturated carbocycles. The van der Waals surface area contributed by atoms with Gasteiger partial charge in [-0.25, -0.2) is 4.79 Å². The van der Waals surface area contributed by atoms with Gasteiger partial charge in [0, 0.05) is 11.6 Å². The first-order valence-corrected chi connectivity index (χ1v) is 8.25. The van der Waals surface area contributed by atoms with Gasteiger partial charge in [0.05, 0.1) is 13.7 Å². The average Bonchev–Trinajstić information content (AvgIpc) is 2.60. The third-order valence-electron chi connectivity index (χ3n) is 3.77. The molecule has 0 unspecified atom stereocenters. The number of benzene rings is 1. The molecular formula is C21H24O4. The van der Waals surface area contributed by atoms with E-state index in [0.717, 1.165) is 33.8 Å². The summed E-state index contributed by atoms with van der Waals surface area (Å²) >= 11 is 0. The molecule has 1 aliphatic heterocycles. The van der Waals surface area contributed by atoms with E-state index in [4.69, 9.17) is 14.2 Å². The summed E-state index contributed by atoms with van der Waals surface area (Å²) in [5.74, 6) is 1.35. The van der Waals surface area contributed by atoms with Gasteiger partial charge in [0.25, 0.3) is 0 Å². The molecule has 1 aromatic rings. The van der Waals surface area contributed by atoms with Crippen LogP contribution in [0.4, 0.5) is 0 Å². The minimum atomic E-state index is -0.320. The van der Waals surface area contributed by atoms with E-state index in [1.54, 1.807) is 14.0 Å². The van der Waals surface area contributed by atoms with Crippen molar-refractivity contribution in [3.63, 3.8) is 0 Å². The van der Waals surface area contributed by atoms with Gasteiger partial charge in [0.2, 0.25) is 0 Å². The van der Waals surface area contributed by atoms with Crippen LogP contribution in [0, 0.1) is 0 Å². The second-order valence-corrected chi connectivity index (χ2v) is 5.71. The summed E-state index contributed by atoms with van der Waals surface area (Å²) in [4.78, 5) is 11.4.